The summed E-state index contributed by atoms with van der Waals surface area (Å²) in [6.45, 7) is 0. The Bertz CT molecular complexity index is 348. The molecule has 4 N–H and O–H groups in total. The van der Waals surface area contributed by atoms with Crippen molar-refractivity contribution in [2.24, 2.45) is 0 Å². The van der Waals surface area contributed by atoms with E-state index in [1.165, 1.54) is 6.20 Å². The highest BCUT2D eigenvalue weighted by molar-refractivity contribution is 5.43. The van der Waals surface area contributed by atoms with Gasteiger partial charge < -0.3 is 15.9 Å². The Morgan fingerprint density at radius 1 is 1.57 bits per heavy atom. The number of anilines is 1. The lowest BCUT2D eigenvalue weighted by atomic mass is 10.1. The Morgan fingerprint density at radius 2 is 2.29 bits per heavy atom. The van der Waals surface area contributed by atoms with E-state index in [-0.39, 0.29) is 12.1 Å². The first-order chi connectivity index (χ1) is 6.66. The van der Waals surface area contributed by atoms with Gasteiger partial charge in [0, 0.05) is 6.20 Å². The average molecular weight is 193 g/mol. The van der Waals surface area contributed by atoms with Crippen molar-refractivity contribution in [2.45, 2.75) is 18.6 Å². The molecule has 0 saturated heterocycles. The number of aromatic nitrogens is 1. The predicted octanol–water partition coefficient (Wildman–Crippen LogP) is -0.0282. The fourth-order valence-electron chi connectivity index (χ4n) is 1.06. The number of nitrogen functional groups attached to an aromatic ring is 1. The fourth-order valence-corrected chi connectivity index (χ4v) is 1.06. The summed E-state index contributed by atoms with van der Waals surface area (Å²) in [6.07, 6.45) is -1.06. The minimum Gasteiger partial charge on any atom is -0.397 e. The molecule has 0 aliphatic rings. The van der Waals surface area contributed by atoms with Crippen LogP contribution in [0.3, 0.4) is 0 Å². The highest BCUT2D eigenvalue weighted by Crippen LogP contribution is 2.21. The molecule has 0 amide bonds. The van der Waals surface area contributed by atoms with Crippen LogP contribution in [0, 0.1) is 11.3 Å². The minimum absolute atomic E-state index is 0.156. The molecule has 1 heterocycles. The van der Waals surface area contributed by atoms with Crippen LogP contribution in [0.25, 0.3) is 0 Å². The molecular weight excluding hydrogens is 182 g/mol. The maximum atomic E-state index is 9.56. The van der Waals surface area contributed by atoms with Crippen molar-refractivity contribution in [3.8, 4) is 6.07 Å². The minimum atomic E-state index is -1.21. The van der Waals surface area contributed by atoms with Crippen LogP contribution in [0.5, 0.6) is 0 Å². The Hall–Kier alpha value is -1.64. The summed E-state index contributed by atoms with van der Waals surface area (Å²) in [6, 6.07) is 4.96. The molecule has 0 saturated carbocycles. The first-order valence-electron chi connectivity index (χ1n) is 4.10. The third-order valence-corrected chi connectivity index (χ3v) is 1.82. The lowest BCUT2D eigenvalue weighted by molar-refractivity contribution is 0.0195. The van der Waals surface area contributed by atoms with Crippen molar-refractivity contribution >= 4 is 5.69 Å². The van der Waals surface area contributed by atoms with E-state index >= 15 is 0 Å². The van der Waals surface area contributed by atoms with Crippen molar-refractivity contribution in [1.82, 2.24) is 4.98 Å². The number of nitriles is 1. The van der Waals surface area contributed by atoms with Gasteiger partial charge in [-0.2, -0.15) is 5.26 Å². The first kappa shape index (κ1) is 10.4. The molecule has 1 rings (SSSR count). The summed E-state index contributed by atoms with van der Waals surface area (Å²) >= 11 is 0. The van der Waals surface area contributed by atoms with Gasteiger partial charge in [-0.25, -0.2) is 0 Å². The summed E-state index contributed by atoms with van der Waals surface area (Å²) in [4.78, 5) is 3.84. The zero-order valence-electron chi connectivity index (χ0n) is 7.46. The monoisotopic (exact) mass is 193 g/mol. The number of nitrogens with two attached hydrogens (primary N) is 1. The van der Waals surface area contributed by atoms with Gasteiger partial charge in [-0.05, 0) is 12.1 Å². The van der Waals surface area contributed by atoms with Gasteiger partial charge in [-0.1, -0.05) is 0 Å². The van der Waals surface area contributed by atoms with Gasteiger partial charge in [-0.3, -0.25) is 4.98 Å². The third-order valence-electron chi connectivity index (χ3n) is 1.82. The molecule has 2 atom stereocenters. The first-order valence-corrected chi connectivity index (χ1v) is 4.10. The molecule has 0 aromatic carbocycles. The second-order valence-electron chi connectivity index (χ2n) is 2.85. The molecule has 0 aliphatic heterocycles. The van der Waals surface area contributed by atoms with Crippen LogP contribution in [0.1, 0.15) is 18.2 Å². The highest BCUT2D eigenvalue weighted by Gasteiger charge is 2.21. The number of rotatable bonds is 3. The Labute approximate surface area is 81.4 Å². The van der Waals surface area contributed by atoms with Crippen molar-refractivity contribution in [1.29, 1.82) is 5.26 Å². The largest absolute Gasteiger partial charge is 0.397 e. The average Bonchev–Trinajstić information content (AvgIpc) is 2.18. The van der Waals surface area contributed by atoms with Crippen molar-refractivity contribution in [3.05, 3.63) is 24.0 Å². The van der Waals surface area contributed by atoms with E-state index in [0.29, 0.717) is 5.69 Å². The highest BCUT2D eigenvalue weighted by atomic mass is 16.3. The van der Waals surface area contributed by atoms with Crippen LogP contribution < -0.4 is 5.73 Å². The molecule has 0 spiro atoms. The quantitative estimate of drug-likeness (QED) is 0.625. The van der Waals surface area contributed by atoms with Crippen LogP contribution in [0.2, 0.25) is 0 Å². The second-order valence-corrected chi connectivity index (χ2v) is 2.85. The molecule has 0 aliphatic carbocycles. The van der Waals surface area contributed by atoms with Crippen molar-refractivity contribution < 1.29 is 10.2 Å². The van der Waals surface area contributed by atoms with Crippen LogP contribution in [0.15, 0.2) is 18.3 Å². The molecule has 74 valence electrons. The molecule has 2 unspecified atom stereocenters. The molecule has 14 heavy (non-hydrogen) atoms. The maximum absolute atomic E-state index is 9.56. The van der Waals surface area contributed by atoms with E-state index in [2.05, 4.69) is 4.98 Å². The van der Waals surface area contributed by atoms with Gasteiger partial charge in [0.2, 0.25) is 0 Å². The van der Waals surface area contributed by atoms with E-state index in [4.69, 9.17) is 11.0 Å². The van der Waals surface area contributed by atoms with Crippen LogP contribution in [0.4, 0.5) is 5.69 Å². The second kappa shape index (κ2) is 4.56. The van der Waals surface area contributed by atoms with Crippen LogP contribution >= 0.6 is 0 Å². The van der Waals surface area contributed by atoms with Gasteiger partial charge in [0.15, 0.2) is 0 Å². The predicted molar refractivity (Wildman–Crippen MR) is 49.8 cm³/mol. The summed E-state index contributed by atoms with van der Waals surface area (Å²) < 4.78 is 0. The van der Waals surface area contributed by atoms with E-state index in [1.807, 2.05) is 0 Å². The summed E-state index contributed by atoms with van der Waals surface area (Å²) in [5.74, 6) is 0. The SMILES string of the molecule is N#CCC(O)C(O)c1ncccc1N. The summed E-state index contributed by atoms with van der Waals surface area (Å²) in [5.41, 5.74) is 6.05. The number of pyridine rings is 1. The third kappa shape index (κ3) is 2.19. The molecular formula is C9H11N3O2. The summed E-state index contributed by atoms with van der Waals surface area (Å²) in [7, 11) is 0. The van der Waals surface area contributed by atoms with E-state index in [0.717, 1.165) is 0 Å². The van der Waals surface area contributed by atoms with Gasteiger partial charge in [0.05, 0.1) is 30.0 Å². The molecule has 1 aromatic heterocycles. The molecule has 5 nitrogen and oxygen atoms in total. The smallest absolute Gasteiger partial charge is 0.125 e. The van der Waals surface area contributed by atoms with Crippen molar-refractivity contribution in [3.63, 3.8) is 0 Å². The van der Waals surface area contributed by atoms with Crippen LogP contribution in [-0.4, -0.2) is 21.3 Å². The van der Waals surface area contributed by atoms with E-state index < -0.39 is 12.2 Å². The van der Waals surface area contributed by atoms with Gasteiger partial charge >= 0.3 is 0 Å². The molecule has 5 heteroatoms. The summed E-state index contributed by atoms with van der Waals surface area (Å²) in [5, 5.41) is 27.2. The number of aliphatic hydroxyl groups is 2. The maximum Gasteiger partial charge on any atom is 0.125 e. The topological polar surface area (TPSA) is 103 Å². The zero-order valence-corrected chi connectivity index (χ0v) is 7.46. The van der Waals surface area contributed by atoms with E-state index in [9.17, 15) is 10.2 Å². The molecule has 1 aromatic rings. The number of nitrogens with zero attached hydrogens (tertiary/aromatic N) is 2. The van der Waals surface area contributed by atoms with Gasteiger partial charge in [-0.15, -0.1) is 0 Å². The Kier molecular flexibility index (Phi) is 3.40. The van der Waals surface area contributed by atoms with E-state index in [1.54, 1.807) is 18.2 Å². The number of hydrogen-bond donors (Lipinski definition) is 3. The lowest BCUT2D eigenvalue weighted by Crippen LogP contribution is -2.19. The van der Waals surface area contributed by atoms with Gasteiger partial charge in [0.25, 0.3) is 0 Å². The van der Waals surface area contributed by atoms with Crippen molar-refractivity contribution in [2.75, 3.05) is 5.73 Å². The molecule has 0 fully saturated rings. The fraction of sp³-hybridized carbons (Fsp3) is 0.333. The molecule has 0 radical (unpaired) electrons. The number of aliphatic hydroxyl groups excluding tert-OH is 2. The van der Waals surface area contributed by atoms with Gasteiger partial charge in [0.1, 0.15) is 6.10 Å². The Balaban J connectivity index is 2.84. The van der Waals surface area contributed by atoms with Crippen LogP contribution in [-0.2, 0) is 0 Å². The number of hydrogen-bond acceptors (Lipinski definition) is 5. The Morgan fingerprint density at radius 3 is 2.86 bits per heavy atom. The zero-order chi connectivity index (χ0) is 10.6. The lowest BCUT2D eigenvalue weighted by Gasteiger charge is -2.15. The standard InChI is InChI=1S/C9H11N3O2/c10-4-3-7(13)9(14)8-6(11)2-1-5-12-8/h1-2,5,7,9,13-14H,3,11H2. The normalized spacial score (nSPS) is 14.4. The molecule has 0 bridgehead atoms.